The SMILES string of the molecule is C[C@@H]1CC(=O)Nc2ccccc2N1C(=O)COc1ccc(C#N)cc1. The zero-order valence-corrected chi connectivity index (χ0v) is 13.7. The highest BCUT2D eigenvalue weighted by Gasteiger charge is 2.29. The van der Waals surface area contributed by atoms with Crippen LogP contribution in [0.4, 0.5) is 11.4 Å². The summed E-state index contributed by atoms with van der Waals surface area (Å²) in [5.74, 6) is 0.154. The van der Waals surface area contributed by atoms with Gasteiger partial charge in [-0.25, -0.2) is 0 Å². The predicted octanol–water partition coefficient (Wildman–Crippen LogP) is 2.70. The first-order chi connectivity index (χ1) is 12.1. The largest absolute Gasteiger partial charge is 0.484 e. The third-order valence-corrected chi connectivity index (χ3v) is 3.97. The summed E-state index contributed by atoms with van der Waals surface area (Å²) in [7, 11) is 0. The summed E-state index contributed by atoms with van der Waals surface area (Å²) in [4.78, 5) is 26.3. The van der Waals surface area contributed by atoms with Gasteiger partial charge in [-0.05, 0) is 43.3 Å². The van der Waals surface area contributed by atoms with Crippen LogP contribution in [0.2, 0.25) is 0 Å². The maximum absolute atomic E-state index is 12.7. The second kappa shape index (κ2) is 7.05. The molecule has 1 aliphatic rings. The van der Waals surface area contributed by atoms with E-state index in [1.807, 2.05) is 25.1 Å². The van der Waals surface area contributed by atoms with E-state index in [4.69, 9.17) is 10.00 Å². The van der Waals surface area contributed by atoms with Crippen LogP contribution in [0, 0.1) is 11.3 Å². The number of para-hydroxylation sites is 2. The number of fused-ring (bicyclic) bond motifs is 1. The fourth-order valence-corrected chi connectivity index (χ4v) is 2.81. The van der Waals surface area contributed by atoms with Crippen molar-refractivity contribution in [2.24, 2.45) is 0 Å². The minimum Gasteiger partial charge on any atom is -0.484 e. The summed E-state index contributed by atoms with van der Waals surface area (Å²) in [6, 6.07) is 15.5. The number of carbonyl (C=O) groups excluding carboxylic acids is 2. The Kier molecular flexibility index (Phi) is 4.66. The van der Waals surface area contributed by atoms with Gasteiger partial charge in [0, 0.05) is 12.5 Å². The summed E-state index contributed by atoms with van der Waals surface area (Å²) >= 11 is 0. The molecule has 0 fully saturated rings. The van der Waals surface area contributed by atoms with Crippen molar-refractivity contribution in [1.82, 2.24) is 0 Å². The number of rotatable bonds is 3. The first kappa shape index (κ1) is 16.5. The molecule has 1 aliphatic heterocycles. The van der Waals surface area contributed by atoms with Gasteiger partial charge in [-0.3, -0.25) is 9.59 Å². The van der Waals surface area contributed by atoms with E-state index in [0.717, 1.165) is 0 Å². The Labute approximate surface area is 145 Å². The topological polar surface area (TPSA) is 82.4 Å². The number of anilines is 2. The van der Waals surface area contributed by atoms with E-state index in [2.05, 4.69) is 5.32 Å². The summed E-state index contributed by atoms with van der Waals surface area (Å²) < 4.78 is 5.55. The van der Waals surface area contributed by atoms with Crippen molar-refractivity contribution < 1.29 is 14.3 Å². The molecule has 0 aromatic heterocycles. The smallest absolute Gasteiger partial charge is 0.265 e. The predicted molar refractivity (Wildman–Crippen MR) is 93.3 cm³/mol. The van der Waals surface area contributed by atoms with Crippen LogP contribution in [0.5, 0.6) is 5.75 Å². The molecule has 0 unspecified atom stereocenters. The van der Waals surface area contributed by atoms with Crippen molar-refractivity contribution in [1.29, 1.82) is 5.26 Å². The number of amides is 2. The second-order valence-electron chi connectivity index (χ2n) is 5.81. The van der Waals surface area contributed by atoms with Crippen molar-refractivity contribution in [2.75, 3.05) is 16.8 Å². The van der Waals surface area contributed by atoms with Gasteiger partial charge < -0.3 is 15.0 Å². The fraction of sp³-hybridized carbons (Fsp3) is 0.211. The van der Waals surface area contributed by atoms with Gasteiger partial charge in [0.2, 0.25) is 5.91 Å². The molecule has 0 spiro atoms. The molecule has 1 atom stereocenters. The molecule has 6 nitrogen and oxygen atoms in total. The highest BCUT2D eigenvalue weighted by Crippen LogP contribution is 2.31. The van der Waals surface area contributed by atoms with Gasteiger partial charge in [0.25, 0.3) is 5.91 Å². The molecule has 6 heteroatoms. The van der Waals surface area contributed by atoms with Gasteiger partial charge in [0.05, 0.1) is 23.0 Å². The van der Waals surface area contributed by atoms with Crippen LogP contribution in [0.15, 0.2) is 48.5 Å². The zero-order valence-electron chi connectivity index (χ0n) is 13.7. The summed E-state index contributed by atoms with van der Waals surface area (Å²) in [5, 5.41) is 11.6. The maximum atomic E-state index is 12.7. The molecule has 0 aliphatic carbocycles. The molecule has 2 aromatic rings. The monoisotopic (exact) mass is 335 g/mol. The van der Waals surface area contributed by atoms with E-state index in [1.54, 1.807) is 41.3 Å². The van der Waals surface area contributed by atoms with E-state index in [9.17, 15) is 9.59 Å². The zero-order chi connectivity index (χ0) is 17.8. The van der Waals surface area contributed by atoms with Gasteiger partial charge in [0.15, 0.2) is 6.61 Å². The van der Waals surface area contributed by atoms with Gasteiger partial charge in [0.1, 0.15) is 5.75 Å². The molecule has 2 aromatic carbocycles. The lowest BCUT2D eigenvalue weighted by Gasteiger charge is -2.27. The van der Waals surface area contributed by atoms with Crippen LogP contribution >= 0.6 is 0 Å². The Morgan fingerprint density at radius 2 is 2.00 bits per heavy atom. The first-order valence-electron chi connectivity index (χ1n) is 7.92. The number of nitrogens with one attached hydrogen (secondary N) is 1. The standard InChI is InChI=1S/C19H17N3O3/c1-13-10-18(23)21-16-4-2-3-5-17(16)22(13)19(24)12-25-15-8-6-14(11-20)7-9-15/h2-9,13H,10,12H2,1H3,(H,21,23)/t13-/m1/s1. The lowest BCUT2D eigenvalue weighted by molar-refractivity contribution is -0.121. The molecule has 2 amide bonds. The van der Waals surface area contributed by atoms with Crippen molar-refractivity contribution >= 4 is 23.2 Å². The van der Waals surface area contributed by atoms with E-state index in [1.165, 1.54) is 0 Å². The molecule has 126 valence electrons. The molecule has 0 saturated heterocycles. The fourth-order valence-electron chi connectivity index (χ4n) is 2.81. The third-order valence-electron chi connectivity index (χ3n) is 3.97. The average Bonchev–Trinajstić information content (AvgIpc) is 2.74. The highest BCUT2D eigenvalue weighted by molar-refractivity contribution is 6.04. The number of benzene rings is 2. The quantitative estimate of drug-likeness (QED) is 0.935. The van der Waals surface area contributed by atoms with Gasteiger partial charge in [-0.15, -0.1) is 0 Å². The number of ether oxygens (including phenoxy) is 1. The van der Waals surface area contributed by atoms with Crippen molar-refractivity contribution in [3.05, 3.63) is 54.1 Å². The van der Waals surface area contributed by atoms with Crippen LogP contribution in [0.1, 0.15) is 18.9 Å². The van der Waals surface area contributed by atoms with Crippen LogP contribution < -0.4 is 15.0 Å². The van der Waals surface area contributed by atoms with Crippen molar-refractivity contribution in [2.45, 2.75) is 19.4 Å². The van der Waals surface area contributed by atoms with Crippen LogP contribution in [-0.4, -0.2) is 24.5 Å². The summed E-state index contributed by atoms with van der Waals surface area (Å²) in [6.45, 7) is 1.68. The Balaban J connectivity index is 1.78. The van der Waals surface area contributed by atoms with Gasteiger partial charge in [-0.1, -0.05) is 12.1 Å². The van der Waals surface area contributed by atoms with Gasteiger partial charge >= 0.3 is 0 Å². The van der Waals surface area contributed by atoms with E-state index >= 15 is 0 Å². The molecule has 25 heavy (non-hydrogen) atoms. The lowest BCUT2D eigenvalue weighted by atomic mass is 10.1. The van der Waals surface area contributed by atoms with Crippen molar-refractivity contribution in [3.63, 3.8) is 0 Å². The third kappa shape index (κ3) is 3.61. The number of nitriles is 1. The second-order valence-corrected chi connectivity index (χ2v) is 5.81. The minimum absolute atomic E-state index is 0.122. The molecule has 1 N–H and O–H groups in total. The Morgan fingerprint density at radius 1 is 1.28 bits per heavy atom. The molecule has 3 rings (SSSR count). The molecular weight excluding hydrogens is 318 g/mol. The maximum Gasteiger partial charge on any atom is 0.265 e. The Bertz CT molecular complexity index is 840. The van der Waals surface area contributed by atoms with E-state index < -0.39 is 0 Å². The van der Waals surface area contributed by atoms with Crippen LogP contribution in [-0.2, 0) is 9.59 Å². The normalized spacial score (nSPS) is 16.2. The highest BCUT2D eigenvalue weighted by atomic mass is 16.5. The van der Waals surface area contributed by atoms with E-state index in [0.29, 0.717) is 22.7 Å². The number of hydrogen-bond acceptors (Lipinski definition) is 4. The Morgan fingerprint density at radius 3 is 2.72 bits per heavy atom. The molecule has 0 radical (unpaired) electrons. The number of nitrogens with zero attached hydrogens (tertiary/aromatic N) is 2. The molecule has 0 bridgehead atoms. The summed E-state index contributed by atoms with van der Waals surface area (Å²) in [5.41, 5.74) is 1.80. The van der Waals surface area contributed by atoms with Gasteiger partial charge in [-0.2, -0.15) is 5.26 Å². The van der Waals surface area contributed by atoms with E-state index in [-0.39, 0.29) is 30.9 Å². The molecule has 0 saturated carbocycles. The molecule has 1 heterocycles. The number of hydrogen-bond donors (Lipinski definition) is 1. The molecular formula is C19H17N3O3. The summed E-state index contributed by atoms with van der Waals surface area (Å²) in [6.07, 6.45) is 0.220. The average molecular weight is 335 g/mol. The van der Waals surface area contributed by atoms with Crippen LogP contribution in [0.25, 0.3) is 0 Å². The Hall–Kier alpha value is -3.33. The van der Waals surface area contributed by atoms with Crippen LogP contribution in [0.3, 0.4) is 0 Å². The lowest BCUT2D eigenvalue weighted by Crippen LogP contribution is -2.41. The minimum atomic E-state index is -0.277. The first-order valence-corrected chi connectivity index (χ1v) is 7.92. The van der Waals surface area contributed by atoms with Crippen molar-refractivity contribution in [3.8, 4) is 11.8 Å². The number of carbonyl (C=O) groups is 2.